The van der Waals surface area contributed by atoms with Crippen LogP contribution >= 0.6 is 0 Å². The van der Waals surface area contributed by atoms with Crippen LogP contribution in [0.3, 0.4) is 0 Å². The standard InChI is InChI=1S/C18H23BF2N2O2/c1-17(2)18(3,4)25-19(24-17)14-11-22-23(12-14)16(9-10-20)13-5-7-15(21)8-6-13/h5-8,11-12,16H,9-10H2,1-4H3. The molecular weight excluding hydrogens is 325 g/mol. The molecular formula is C18H23BF2N2O2. The zero-order chi connectivity index (χ0) is 18.2. The molecule has 1 aromatic heterocycles. The molecule has 7 heteroatoms. The van der Waals surface area contributed by atoms with Crippen LogP contribution in [0.25, 0.3) is 0 Å². The van der Waals surface area contributed by atoms with Gasteiger partial charge < -0.3 is 9.31 Å². The van der Waals surface area contributed by atoms with Gasteiger partial charge in [0.25, 0.3) is 0 Å². The maximum Gasteiger partial charge on any atom is 0.498 e. The number of benzene rings is 1. The third-order valence-electron chi connectivity index (χ3n) is 5.10. The summed E-state index contributed by atoms with van der Waals surface area (Å²) in [6.45, 7) is 7.46. The zero-order valence-electron chi connectivity index (χ0n) is 15.0. The van der Waals surface area contributed by atoms with E-state index in [1.54, 1.807) is 23.0 Å². The Morgan fingerprint density at radius 2 is 1.72 bits per heavy atom. The third-order valence-corrected chi connectivity index (χ3v) is 5.10. The third kappa shape index (κ3) is 3.48. The number of halogens is 2. The largest absolute Gasteiger partial charge is 0.498 e. The lowest BCUT2D eigenvalue weighted by molar-refractivity contribution is 0.00578. The Balaban J connectivity index is 1.85. The van der Waals surface area contributed by atoms with Crippen LogP contribution in [0.15, 0.2) is 36.7 Å². The van der Waals surface area contributed by atoms with Crippen molar-refractivity contribution in [2.24, 2.45) is 0 Å². The summed E-state index contributed by atoms with van der Waals surface area (Å²) < 4.78 is 39.9. The fourth-order valence-corrected chi connectivity index (χ4v) is 2.86. The molecule has 2 heterocycles. The lowest BCUT2D eigenvalue weighted by Gasteiger charge is -2.32. The first-order chi connectivity index (χ1) is 11.7. The number of rotatable bonds is 5. The summed E-state index contributed by atoms with van der Waals surface area (Å²) in [5.41, 5.74) is 0.719. The lowest BCUT2D eigenvalue weighted by atomic mass is 9.82. The average molecular weight is 348 g/mol. The van der Waals surface area contributed by atoms with Crippen molar-refractivity contribution >= 4 is 12.6 Å². The number of nitrogens with zero attached hydrogens (tertiary/aromatic N) is 2. The van der Waals surface area contributed by atoms with Crippen molar-refractivity contribution in [1.82, 2.24) is 9.78 Å². The van der Waals surface area contributed by atoms with Crippen molar-refractivity contribution in [3.63, 3.8) is 0 Å². The van der Waals surface area contributed by atoms with Gasteiger partial charge in [0.15, 0.2) is 0 Å². The average Bonchev–Trinajstić information content (AvgIpc) is 3.09. The van der Waals surface area contributed by atoms with Crippen molar-refractivity contribution in [3.05, 3.63) is 48.0 Å². The topological polar surface area (TPSA) is 36.3 Å². The number of alkyl halides is 1. The monoisotopic (exact) mass is 348 g/mol. The highest BCUT2D eigenvalue weighted by atomic mass is 19.1. The fourth-order valence-electron chi connectivity index (χ4n) is 2.86. The second-order valence-corrected chi connectivity index (χ2v) is 7.39. The van der Waals surface area contributed by atoms with E-state index in [4.69, 9.17) is 9.31 Å². The first-order valence-corrected chi connectivity index (χ1v) is 8.44. The van der Waals surface area contributed by atoms with Crippen molar-refractivity contribution in [1.29, 1.82) is 0 Å². The van der Waals surface area contributed by atoms with Crippen molar-refractivity contribution in [2.75, 3.05) is 6.67 Å². The van der Waals surface area contributed by atoms with E-state index in [-0.39, 0.29) is 18.3 Å². The molecule has 0 spiro atoms. The van der Waals surface area contributed by atoms with Crippen LogP contribution in [0, 0.1) is 5.82 Å². The SMILES string of the molecule is CC1(C)OB(c2cnn(C(CCF)c3ccc(F)cc3)c2)OC1(C)C. The fraction of sp³-hybridized carbons (Fsp3) is 0.500. The summed E-state index contributed by atoms with van der Waals surface area (Å²) >= 11 is 0. The molecule has 1 fully saturated rings. The molecule has 2 aromatic rings. The maximum atomic E-state index is 13.2. The highest BCUT2D eigenvalue weighted by molar-refractivity contribution is 6.62. The summed E-state index contributed by atoms with van der Waals surface area (Å²) in [6.07, 6.45) is 3.75. The number of hydrogen-bond acceptors (Lipinski definition) is 3. The molecule has 25 heavy (non-hydrogen) atoms. The van der Waals surface area contributed by atoms with Gasteiger partial charge in [0.1, 0.15) is 5.82 Å². The molecule has 1 saturated heterocycles. The molecule has 0 N–H and O–H groups in total. The molecule has 1 atom stereocenters. The normalized spacial score (nSPS) is 20.0. The maximum absolute atomic E-state index is 13.2. The summed E-state index contributed by atoms with van der Waals surface area (Å²) in [7, 11) is -0.516. The second kappa shape index (κ2) is 6.54. The van der Waals surface area contributed by atoms with Crippen molar-refractivity contribution in [3.8, 4) is 0 Å². The molecule has 1 aliphatic heterocycles. The minimum Gasteiger partial charge on any atom is -0.399 e. The summed E-state index contributed by atoms with van der Waals surface area (Å²) in [6, 6.07) is 5.76. The van der Waals surface area contributed by atoms with E-state index in [1.807, 2.05) is 33.9 Å². The van der Waals surface area contributed by atoms with Gasteiger partial charge in [0.05, 0.1) is 23.9 Å². The quantitative estimate of drug-likeness (QED) is 0.779. The summed E-state index contributed by atoms with van der Waals surface area (Å²) in [5.74, 6) is -0.318. The molecule has 134 valence electrons. The number of aromatic nitrogens is 2. The van der Waals surface area contributed by atoms with Crippen LogP contribution in [0.5, 0.6) is 0 Å². The molecule has 0 radical (unpaired) electrons. The Labute approximate surface area is 147 Å². The van der Waals surface area contributed by atoms with Crippen molar-refractivity contribution in [2.45, 2.75) is 51.4 Å². The lowest BCUT2D eigenvalue weighted by Crippen LogP contribution is -2.41. The molecule has 1 aliphatic rings. The summed E-state index contributed by atoms with van der Waals surface area (Å²) in [4.78, 5) is 0. The van der Waals surface area contributed by atoms with Crippen LogP contribution in [-0.4, -0.2) is 34.8 Å². The van der Waals surface area contributed by atoms with Gasteiger partial charge in [-0.25, -0.2) is 4.39 Å². The van der Waals surface area contributed by atoms with Gasteiger partial charge in [0.2, 0.25) is 0 Å². The van der Waals surface area contributed by atoms with Crippen LogP contribution < -0.4 is 5.46 Å². The van der Waals surface area contributed by atoms with Gasteiger partial charge in [-0.05, 0) is 45.4 Å². The van der Waals surface area contributed by atoms with Crippen LogP contribution in [0.1, 0.15) is 45.7 Å². The Kier molecular flexibility index (Phi) is 4.73. The highest BCUT2D eigenvalue weighted by Crippen LogP contribution is 2.36. The molecule has 0 amide bonds. The predicted octanol–water partition coefficient (Wildman–Crippen LogP) is 3.27. The molecule has 0 saturated carbocycles. The molecule has 3 rings (SSSR count). The first kappa shape index (κ1) is 18.1. The van der Waals surface area contributed by atoms with E-state index in [2.05, 4.69) is 5.10 Å². The van der Waals surface area contributed by atoms with Crippen LogP contribution in [0.4, 0.5) is 8.78 Å². The smallest absolute Gasteiger partial charge is 0.399 e. The molecule has 1 aromatic carbocycles. The Morgan fingerprint density at radius 1 is 1.12 bits per heavy atom. The Morgan fingerprint density at radius 3 is 2.28 bits per heavy atom. The van der Waals surface area contributed by atoms with Gasteiger partial charge in [-0.3, -0.25) is 9.07 Å². The van der Waals surface area contributed by atoms with Crippen LogP contribution in [0.2, 0.25) is 0 Å². The van der Waals surface area contributed by atoms with Crippen molar-refractivity contribution < 1.29 is 18.1 Å². The van der Waals surface area contributed by atoms with E-state index in [9.17, 15) is 8.78 Å². The van der Waals surface area contributed by atoms with E-state index in [0.29, 0.717) is 0 Å². The second-order valence-electron chi connectivity index (χ2n) is 7.39. The van der Waals surface area contributed by atoms with E-state index < -0.39 is 25.0 Å². The molecule has 4 nitrogen and oxygen atoms in total. The summed E-state index contributed by atoms with van der Waals surface area (Å²) in [5, 5.41) is 4.37. The molecule has 0 bridgehead atoms. The minimum absolute atomic E-state index is 0.260. The van der Waals surface area contributed by atoms with Gasteiger partial charge in [-0.2, -0.15) is 5.10 Å². The predicted molar refractivity (Wildman–Crippen MR) is 93.1 cm³/mol. The van der Waals surface area contributed by atoms with Gasteiger partial charge in [0, 0.05) is 24.3 Å². The van der Waals surface area contributed by atoms with Crippen LogP contribution in [-0.2, 0) is 9.31 Å². The van der Waals surface area contributed by atoms with Gasteiger partial charge >= 0.3 is 7.12 Å². The zero-order valence-corrected chi connectivity index (χ0v) is 15.0. The minimum atomic E-state index is -0.516. The number of hydrogen-bond donors (Lipinski definition) is 0. The van der Waals surface area contributed by atoms with E-state index in [0.717, 1.165) is 11.0 Å². The molecule has 0 aliphatic carbocycles. The van der Waals surface area contributed by atoms with E-state index in [1.165, 1.54) is 12.1 Å². The molecule has 1 unspecified atom stereocenters. The Bertz CT molecular complexity index is 715. The Hall–Kier alpha value is -1.73. The first-order valence-electron chi connectivity index (χ1n) is 8.44. The highest BCUT2D eigenvalue weighted by Gasteiger charge is 2.52. The van der Waals surface area contributed by atoms with Gasteiger partial charge in [-0.15, -0.1) is 0 Å². The van der Waals surface area contributed by atoms with E-state index >= 15 is 0 Å². The van der Waals surface area contributed by atoms with Gasteiger partial charge in [-0.1, -0.05) is 12.1 Å².